The van der Waals surface area contributed by atoms with Crippen LogP contribution in [0.25, 0.3) is 11.1 Å². The number of nitrogens with zero attached hydrogens (tertiary/aromatic N) is 2. The molecule has 0 fully saturated rings. The average Bonchev–Trinajstić information content (AvgIpc) is 2.75. The number of fused-ring (bicyclic) bond motifs is 1. The Bertz CT molecular complexity index is 579. The molecule has 5 heteroatoms. The van der Waals surface area contributed by atoms with Gasteiger partial charge in [0.25, 0.3) is 0 Å². The SMILES string of the molecule is Nc1ncc(-c2ccc3c(c2)NCC3)c(N)n1. The van der Waals surface area contributed by atoms with Crippen molar-refractivity contribution in [3.63, 3.8) is 0 Å². The zero-order valence-electron chi connectivity index (χ0n) is 9.27. The summed E-state index contributed by atoms with van der Waals surface area (Å²) in [4.78, 5) is 7.94. The number of hydrogen-bond donors (Lipinski definition) is 3. The largest absolute Gasteiger partial charge is 0.384 e. The number of benzene rings is 1. The number of rotatable bonds is 1. The Morgan fingerprint density at radius 3 is 2.94 bits per heavy atom. The van der Waals surface area contributed by atoms with E-state index in [4.69, 9.17) is 11.5 Å². The number of nitrogens with two attached hydrogens (primary N) is 2. The summed E-state index contributed by atoms with van der Waals surface area (Å²) >= 11 is 0. The molecule has 0 saturated carbocycles. The molecule has 2 aromatic rings. The van der Waals surface area contributed by atoms with Crippen LogP contribution in [0.4, 0.5) is 17.5 Å². The van der Waals surface area contributed by atoms with Crippen LogP contribution in [0.1, 0.15) is 5.56 Å². The summed E-state index contributed by atoms with van der Waals surface area (Å²) in [5, 5.41) is 3.33. The van der Waals surface area contributed by atoms with Crippen LogP contribution < -0.4 is 16.8 Å². The average molecular weight is 227 g/mol. The maximum absolute atomic E-state index is 5.85. The lowest BCUT2D eigenvalue weighted by molar-refractivity contribution is 1.11. The van der Waals surface area contributed by atoms with Crippen molar-refractivity contribution in [1.29, 1.82) is 0 Å². The monoisotopic (exact) mass is 227 g/mol. The third-order valence-corrected chi connectivity index (χ3v) is 2.97. The van der Waals surface area contributed by atoms with Crippen LogP contribution >= 0.6 is 0 Å². The molecule has 5 nitrogen and oxygen atoms in total. The van der Waals surface area contributed by atoms with E-state index in [0.717, 1.165) is 24.1 Å². The number of aromatic nitrogens is 2. The van der Waals surface area contributed by atoms with Crippen molar-refractivity contribution in [2.45, 2.75) is 6.42 Å². The summed E-state index contributed by atoms with van der Waals surface area (Å²) in [6.45, 7) is 0.993. The summed E-state index contributed by atoms with van der Waals surface area (Å²) < 4.78 is 0. The second kappa shape index (κ2) is 3.62. The molecule has 0 aliphatic carbocycles. The van der Waals surface area contributed by atoms with E-state index in [-0.39, 0.29) is 5.95 Å². The quantitative estimate of drug-likeness (QED) is 0.682. The molecule has 1 aliphatic rings. The van der Waals surface area contributed by atoms with Gasteiger partial charge in [-0.3, -0.25) is 0 Å². The fourth-order valence-corrected chi connectivity index (χ4v) is 2.09. The Hall–Kier alpha value is -2.30. The second-order valence-corrected chi connectivity index (χ2v) is 4.08. The number of hydrogen-bond acceptors (Lipinski definition) is 5. The van der Waals surface area contributed by atoms with Gasteiger partial charge in [0.05, 0.1) is 0 Å². The molecule has 0 bridgehead atoms. The van der Waals surface area contributed by atoms with Crippen LogP contribution in [0.2, 0.25) is 0 Å². The highest BCUT2D eigenvalue weighted by molar-refractivity contribution is 5.77. The molecule has 5 N–H and O–H groups in total. The standard InChI is InChI=1S/C12H13N5/c13-11-9(6-16-12(14)17-11)8-2-1-7-3-4-15-10(7)5-8/h1-2,5-6,15H,3-4H2,(H4,13,14,16,17). The Balaban J connectivity index is 2.09. The minimum Gasteiger partial charge on any atom is -0.384 e. The van der Waals surface area contributed by atoms with Gasteiger partial charge in [-0.15, -0.1) is 0 Å². The fraction of sp³-hybridized carbons (Fsp3) is 0.167. The maximum atomic E-state index is 5.85. The highest BCUT2D eigenvalue weighted by Crippen LogP contribution is 2.30. The first-order chi connectivity index (χ1) is 8.24. The Labute approximate surface area is 98.9 Å². The van der Waals surface area contributed by atoms with Crippen LogP contribution in [-0.2, 0) is 6.42 Å². The Morgan fingerprint density at radius 2 is 2.12 bits per heavy atom. The zero-order valence-corrected chi connectivity index (χ0v) is 9.27. The third kappa shape index (κ3) is 1.65. The summed E-state index contributed by atoms with van der Waals surface area (Å²) in [7, 11) is 0. The van der Waals surface area contributed by atoms with Crippen molar-refractivity contribution >= 4 is 17.5 Å². The first-order valence-corrected chi connectivity index (χ1v) is 5.49. The first kappa shape index (κ1) is 9.89. The first-order valence-electron chi connectivity index (χ1n) is 5.49. The van der Waals surface area contributed by atoms with Gasteiger partial charge in [-0.1, -0.05) is 12.1 Å². The van der Waals surface area contributed by atoms with Crippen molar-refractivity contribution in [2.24, 2.45) is 0 Å². The Kier molecular flexibility index (Phi) is 2.11. The van der Waals surface area contributed by atoms with Crippen LogP contribution in [0.15, 0.2) is 24.4 Å². The van der Waals surface area contributed by atoms with Crippen molar-refractivity contribution in [1.82, 2.24) is 9.97 Å². The maximum Gasteiger partial charge on any atom is 0.221 e. The van der Waals surface area contributed by atoms with Gasteiger partial charge in [0, 0.05) is 24.0 Å². The van der Waals surface area contributed by atoms with E-state index >= 15 is 0 Å². The van der Waals surface area contributed by atoms with Crippen LogP contribution in [0.5, 0.6) is 0 Å². The van der Waals surface area contributed by atoms with Gasteiger partial charge in [-0.05, 0) is 23.6 Å². The van der Waals surface area contributed by atoms with Crippen molar-refractivity contribution in [3.8, 4) is 11.1 Å². The molecular weight excluding hydrogens is 214 g/mol. The highest BCUT2D eigenvalue weighted by atomic mass is 15.0. The van der Waals surface area contributed by atoms with E-state index in [1.807, 2.05) is 6.07 Å². The normalized spacial score (nSPS) is 13.2. The highest BCUT2D eigenvalue weighted by Gasteiger charge is 2.12. The predicted molar refractivity (Wildman–Crippen MR) is 68.5 cm³/mol. The van der Waals surface area contributed by atoms with Gasteiger partial charge < -0.3 is 16.8 Å². The molecule has 2 heterocycles. The Morgan fingerprint density at radius 1 is 1.24 bits per heavy atom. The number of nitrogen functional groups attached to an aromatic ring is 2. The smallest absolute Gasteiger partial charge is 0.221 e. The van der Waals surface area contributed by atoms with Gasteiger partial charge in [0.15, 0.2) is 0 Å². The zero-order chi connectivity index (χ0) is 11.8. The molecule has 0 amide bonds. The molecule has 1 aromatic carbocycles. The van der Waals surface area contributed by atoms with Crippen molar-refractivity contribution in [2.75, 3.05) is 23.3 Å². The predicted octanol–water partition coefficient (Wildman–Crippen LogP) is 1.28. The van der Waals surface area contributed by atoms with E-state index in [9.17, 15) is 0 Å². The molecule has 86 valence electrons. The van der Waals surface area contributed by atoms with Gasteiger partial charge in [-0.2, -0.15) is 4.98 Å². The van der Waals surface area contributed by atoms with Crippen molar-refractivity contribution in [3.05, 3.63) is 30.0 Å². The van der Waals surface area contributed by atoms with Crippen molar-refractivity contribution < 1.29 is 0 Å². The molecule has 0 radical (unpaired) electrons. The van der Waals surface area contributed by atoms with Crippen LogP contribution in [-0.4, -0.2) is 16.5 Å². The summed E-state index contributed by atoms with van der Waals surface area (Å²) in [6, 6.07) is 6.23. The summed E-state index contributed by atoms with van der Waals surface area (Å²) in [5.74, 6) is 0.612. The van der Waals surface area contributed by atoms with E-state index in [0.29, 0.717) is 5.82 Å². The van der Waals surface area contributed by atoms with Crippen LogP contribution in [0.3, 0.4) is 0 Å². The minimum absolute atomic E-state index is 0.200. The molecule has 1 aromatic heterocycles. The number of anilines is 3. The second-order valence-electron chi connectivity index (χ2n) is 4.08. The van der Waals surface area contributed by atoms with Gasteiger partial charge in [0.2, 0.25) is 5.95 Å². The lowest BCUT2D eigenvalue weighted by atomic mass is 10.0. The molecule has 17 heavy (non-hydrogen) atoms. The topological polar surface area (TPSA) is 89.8 Å². The fourth-order valence-electron chi connectivity index (χ4n) is 2.09. The van der Waals surface area contributed by atoms with Crippen LogP contribution in [0, 0.1) is 0 Å². The summed E-state index contributed by atoms with van der Waals surface area (Å²) in [6.07, 6.45) is 2.73. The van der Waals surface area contributed by atoms with E-state index < -0.39 is 0 Å². The minimum atomic E-state index is 0.200. The molecule has 3 rings (SSSR count). The molecule has 1 aliphatic heterocycles. The molecular formula is C12H13N5. The van der Waals surface area contributed by atoms with Gasteiger partial charge in [-0.25, -0.2) is 4.98 Å². The molecule has 0 unspecified atom stereocenters. The lowest BCUT2D eigenvalue weighted by Crippen LogP contribution is -2.01. The van der Waals surface area contributed by atoms with E-state index in [1.54, 1.807) is 6.20 Å². The third-order valence-electron chi connectivity index (χ3n) is 2.97. The number of nitrogens with one attached hydrogen (secondary N) is 1. The van der Waals surface area contributed by atoms with Gasteiger partial charge in [0.1, 0.15) is 5.82 Å². The summed E-state index contributed by atoms with van der Waals surface area (Å²) in [5.41, 5.74) is 15.7. The van der Waals surface area contributed by atoms with E-state index in [1.165, 1.54) is 11.3 Å². The lowest BCUT2D eigenvalue weighted by Gasteiger charge is -2.07. The van der Waals surface area contributed by atoms with E-state index in [2.05, 4.69) is 27.4 Å². The molecule has 0 spiro atoms. The molecule has 0 atom stereocenters. The molecule has 0 saturated heterocycles. The van der Waals surface area contributed by atoms with Gasteiger partial charge >= 0.3 is 0 Å².